The van der Waals surface area contributed by atoms with Crippen molar-refractivity contribution in [1.29, 1.82) is 0 Å². The number of rotatable bonds is 4. The molecule has 1 atom stereocenters. The average Bonchev–Trinajstić information content (AvgIpc) is 2.95. The quantitative estimate of drug-likeness (QED) is 0.803. The van der Waals surface area contributed by atoms with Crippen LogP contribution < -0.4 is 0 Å². The molecule has 7 heteroatoms. The third kappa shape index (κ3) is 4.93. The fourth-order valence-corrected chi connectivity index (χ4v) is 2.18. The first-order valence-electron chi connectivity index (χ1n) is 6.62. The zero-order chi connectivity index (χ0) is 15.3. The van der Waals surface area contributed by atoms with Crippen LogP contribution in [-0.2, 0) is 9.53 Å². The number of furan rings is 1. The van der Waals surface area contributed by atoms with E-state index < -0.39 is 24.7 Å². The Balaban J connectivity index is 2.07. The Morgan fingerprint density at radius 2 is 2.29 bits per heavy atom. The monoisotopic (exact) mass is 303 g/mol. The Labute approximate surface area is 120 Å². The van der Waals surface area contributed by atoms with Gasteiger partial charge in [-0.3, -0.25) is 4.79 Å². The molecule has 1 aromatic heterocycles. The van der Waals surface area contributed by atoms with E-state index in [1.54, 1.807) is 12.1 Å². The highest BCUT2D eigenvalue weighted by Crippen LogP contribution is 2.22. The van der Waals surface area contributed by atoms with Gasteiger partial charge in [0.15, 0.2) is 0 Å². The Bertz CT molecular complexity index is 476. The van der Waals surface area contributed by atoms with Crippen molar-refractivity contribution in [2.75, 3.05) is 19.8 Å². The zero-order valence-corrected chi connectivity index (χ0v) is 11.3. The highest BCUT2D eigenvalue weighted by atomic mass is 19.4. The van der Waals surface area contributed by atoms with Crippen LogP contribution in [0.3, 0.4) is 0 Å². The van der Waals surface area contributed by atoms with Gasteiger partial charge in [0, 0.05) is 12.7 Å². The number of carbonyl (C=O) groups excluding carboxylic acids is 1. The van der Waals surface area contributed by atoms with Gasteiger partial charge in [0.25, 0.3) is 0 Å². The van der Waals surface area contributed by atoms with Gasteiger partial charge >= 0.3 is 6.18 Å². The van der Waals surface area contributed by atoms with Crippen LogP contribution in [0.1, 0.15) is 18.6 Å². The molecule has 0 aromatic carbocycles. The predicted octanol–water partition coefficient (Wildman–Crippen LogP) is 2.86. The summed E-state index contributed by atoms with van der Waals surface area (Å²) in [7, 11) is 0. The van der Waals surface area contributed by atoms with Crippen LogP contribution in [0.2, 0.25) is 0 Å². The summed E-state index contributed by atoms with van der Waals surface area (Å²) in [4.78, 5) is 12.9. The molecule has 1 aliphatic heterocycles. The van der Waals surface area contributed by atoms with Gasteiger partial charge in [-0.25, -0.2) is 0 Å². The lowest BCUT2D eigenvalue weighted by molar-refractivity contribution is -0.167. The van der Waals surface area contributed by atoms with Crippen LogP contribution >= 0.6 is 0 Å². The molecule has 0 spiro atoms. The van der Waals surface area contributed by atoms with Crippen LogP contribution in [0.25, 0.3) is 6.08 Å². The van der Waals surface area contributed by atoms with Crippen molar-refractivity contribution in [3.05, 3.63) is 30.2 Å². The molecule has 2 heterocycles. The minimum absolute atomic E-state index is 0.135. The minimum Gasteiger partial charge on any atom is -0.465 e. The van der Waals surface area contributed by atoms with E-state index in [0.717, 1.165) is 11.0 Å². The van der Waals surface area contributed by atoms with Gasteiger partial charge in [0.05, 0.1) is 18.9 Å². The lowest BCUT2D eigenvalue weighted by atomic mass is 10.1. The Hall–Kier alpha value is -1.76. The summed E-state index contributed by atoms with van der Waals surface area (Å²) in [6.07, 6.45) is 0.595. The molecule has 1 aromatic rings. The van der Waals surface area contributed by atoms with Gasteiger partial charge in [0.1, 0.15) is 12.3 Å². The highest BCUT2D eigenvalue weighted by molar-refractivity contribution is 5.91. The molecule has 0 N–H and O–H groups in total. The van der Waals surface area contributed by atoms with E-state index in [-0.39, 0.29) is 6.61 Å². The SMILES string of the molecule is O=C(/C=C/c1ccco1)N(CC(F)(F)F)[C@H]1CCCOC1. The third-order valence-corrected chi connectivity index (χ3v) is 3.14. The minimum atomic E-state index is -4.44. The maximum atomic E-state index is 12.7. The molecule has 1 aliphatic rings. The number of hydrogen-bond donors (Lipinski definition) is 0. The second-order valence-corrected chi connectivity index (χ2v) is 4.80. The molecule has 1 amide bonds. The van der Waals surface area contributed by atoms with Gasteiger partial charge in [-0.1, -0.05) is 0 Å². The second-order valence-electron chi connectivity index (χ2n) is 4.80. The molecule has 0 unspecified atom stereocenters. The Morgan fingerprint density at radius 3 is 2.86 bits per heavy atom. The molecule has 0 bridgehead atoms. The molecule has 0 radical (unpaired) electrons. The summed E-state index contributed by atoms with van der Waals surface area (Å²) in [5.74, 6) is -0.283. The number of amides is 1. The van der Waals surface area contributed by atoms with E-state index in [2.05, 4.69) is 0 Å². The fourth-order valence-electron chi connectivity index (χ4n) is 2.18. The molecular weight excluding hydrogens is 287 g/mol. The maximum Gasteiger partial charge on any atom is 0.406 e. The average molecular weight is 303 g/mol. The summed E-state index contributed by atoms with van der Waals surface area (Å²) < 4.78 is 48.2. The van der Waals surface area contributed by atoms with E-state index in [1.807, 2.05) is 0 Å². The zero-order valence-electron chi connectivity index (χ0n) is 11.3. The molecule has 2 rings (SSSR count). The highest BCUT2D eigenvalue weighted by Gasteiger charge is 2.36. The topological polar surface area (TPSA) is 42.7 Å². The summed E-state index contributed by atoms with van der Waals surface area (Å²) in [5.41, 5.74) is 0. The standard InChI is InChI=1S/C14H16F3NO3/c15-14(16,17)10-18(11-3-1-7-20-9-11)13(19)6-5-12-4-2-8-21-12/h2,4-6,8,11H,1,3,7,9-10H2/b6-5+/t11-/m0/s1. The predicted molar refractivity (Wildman–Crippen MR) is 69.4 cm³/mol. The van der Waals surface area contributed by atoms with Crippen molar-refractivity contribution >= 4 is 12.0 Å². The number of alkyl halides is 3. The van der Waals surface area contributed by atoms with Gasteiger partial charge in [-0.2, -0.15) is 13.2 Å². The molecule has 21 heavy (non-hydrogen) atoms. The molecule has 0 aliphatic carbocycles. The van der Waals surface area contributed by atoms with E-state index in [4.69, 9.17) is 9.15 Å². The molecular formula is C14H16F3NO3. The van der Waals surface area contributed by atoms with Crippen LogP contribution in [-0.4, -0.2) is 42.8 Å². The first-order valence-corrected chi connectivity index (χ1v) is 6.62. The van der Waals surface area contributed by atoms with Crippen molar-refractivity contribution in [2.45, 2.75) is 25.1 Å². The van der Waals surface area contributed by atoms with E-state index in [1.165, 1.54) is 12.3 Å². The van der Waals surface area contributed by atoms with Gasteiger partial charge < -0.3 is 14.1 Å². The summed E-state index contributed by atoms with van der Waals surface area (Å²) in [5, 5.41) is 0. The van der Waals surface area contributed by atoms with E-state index in [9.17, 15) is 18.0 Å². The Kier molecular flexibility index (Phi) is 5.06. The van der Waals surface area contributed by atoms with Crippen molar-refractivity contribution in [3.63, 3.8) is 0 Å². The van der Waals surface area contributed by atoms with Crippen molar-refractivity contribution in [1.82, 2.24) is 4.90 Å². The van der Waals surface area contributed by atoms with Crippen molar-refractivity contribution in [2.24, 2.45) is 0 Å². The molecule has 1 fully saturated rings. The number of ether oxygens (including phenoxy) is 1. The van der Waals surface area contributed by atoms with Crippen LogP contribution in [0.5, 0.6) is 0 Å². The van der Waals surface area contributed by atoms with Gasteiger partial charge in [-0.05, 0) is 31.1 Å². The van der Waals surface area contributed by atoms with Gasteiger partial charge in [0.2, 0.25) is 5.91 Å². The number of carbonyl (C=O) groups is 1. The fraction of sp³-hybridized carbons (Fsp3) is 0.500. The number of nitrogens with zero attached hydrogens (tertiary/aromatic N) is 1. The van der Waals surface area contributed by atoms with E-state index in [0.29, 0.717) is 25.2 Å². The largest absolute Gasteiger partial charge is 0.465 e. The normalized spacial score (nSPS) is 19.9. The van der Waals surface area contributed by atoms with Crippen LogP contribution in [0.15, 0.2) is 28.9 Å². The summed E-state index contributed by atoms with van der Waals surface area (Å²) in [6.45, 7) is -0.619. The second kappa shape index (κ2) is 6.80. The molecule has 4 nitrogen and oxygen atoms in total. The van der Waals surface area contributed by atoms with Crippen LogP contribution in [0.4, 0.5) is 13.2 Å². The molecule has 1 saturated heterocycles. The lowest BCUT2D eigenvalue weighted by Gasteiger charge is -2.34. The number of halogens is 3. The number of hydrogen-bond acceptors (Lipinski definition) is 3. The van der Waals surface area contributed by atoms with Crippen molar-refractivity contribution < 1.29 is 27.1 Å². The molecule has 0 saturated carbocycles. The third-order valence-electron chi connectivity index (χ3n) is 3.14. The lowest BCUT2D eigenvalue weighted by Crippen LogP contribution is -2.48. The first kappa shape index (κ1) is 15.6. The molecule has 116 valence electrons. The Morgan fingerprint density at radius 1 is 1.48 bits per heavy atom. The smallest absolute Gasteiger partial charge is 0.406 e. The van der Waals surface area contributed by atoms with Gasteiger partial charge in [-0.15, -0.1) is 0 Å². The summed E-state index contributed by atoms with van der Waals surface area (Å²) >= 11 is 0. The van der Waals surface area contributed by atoms with E-state index >= 15 is 0 Å². The van der Waals surface area contributed by atoms with Crippen molar-refractivity contribution in [3.8, 4) is 0 Å². The maximum absolute atomic E-state index is 12.7. The first-order chi connectivity index (χ1) is 9.96. The summed E-state index contributed by atoms with van der Waals surface area (Å²) in [6, 6.07) is 2.70. The van der Waals surface area contributed by atoms with Crippen LogP contribution in [0, 0.1) is 0 Å².